The fraction of sp³-hybridized carbons (Fsp3) is 0.0909. The lowest BCUT2D eigenvalue weighted by Crippen LogP contribution is -2.07. The highest BCUT2D eigenvalue weighted by Gasteiger charge is 2.10. The van der Waals surface area contributed by atoms with Crippen LogP contribution >= 0.6 is 11.6 Å². The van der Waals surface area contributed by atoms with Crippen molar-refractivity contribution in [2.75, 3.05) is 5.73 Å². The molecule has 6 nitrogen and oxygen atoms in total. The van der Waals surface area contributed by atoms with Crippen molar-refractivity contribution in [2.24, 2.45) is 0 Å². The fourth-order valence-corrected chi connectivity index (χ4v) is 1.89. The second-order valence-electron chi connectivity index (χ2n) is 3.77. The van der Waals surface area contributed by atoms with Crippen LogP contribution in [-0.4, -0.2) is 24.7 Å². The number of halogens is 1. The Labute approximate surface area is 107 Å². The van der Waals surface area contributed by atoms with Crippen LogP contribution in [-0.2, 0) is 6.54 Å². The summed E-state index contributed by atoms with van der Waals surface area (Å²) >= 11 is 5.87. The molecule has 0 aromatic carbocycles. The minimum atomic E-state index is 0.380. The summed E-state index contributed by atoms with van der Waals surface area (Å²) in [6.07, 6.45) is 3.19. The largest absolute Gasteiger partial charge is 0.369 e. The third-order valence-electron chi connectivity index (χ3n) is 2.53. The number of nitrogens with two attached hydrogens (primary N) is 1. The number of nitrogen functional groups attached to an aromatic ring is 1. The number of nitrogens with zero attached hydrogens (tertiary/aromatic N) is 5. The third kappa shape index (κ3) is 1.86. The highest BCUT2D eigenvalue weighted by atomic mass is 35.5. The van der Waals surface area contributed by atoms with Gasteiger partial charge in [-0.25, -0.2) is 9.97 Å². The Morgan fingerprint density at radius 3 is 3.06 bits per heavy atom. The predicted octanol–water partition coefficient (Wildman–Crippen LogP) is 1.51. The van der Waals surface area contributed by atoms with Gasteiger partial charge in [-0.3, -0.25) is 4.57 Å². The molecular formula is C11H9ClN6. The Kier molecular flexibility index (Phi) is 2.56. The molecule has 0 unspecified atom stereocenters. The molecule has 0 saturated heterocycles. The first-order valence-corrected chi connectivity index (χ1v) is 5.65. The van der Waals surface area contributed by atoms with Crippen molar-refractivity contribution in [3.8, 4) is 0 Å². The molecule has 3 heterocycles. The summed E-state index contributed by atoms with van der Waals surface area (Å²) in [5, 5.41) is 8.37. The van der Waals surface area contributed by atoms with Gasteiger partial charge in [0, 0.05) is 12.4 Å². The Morgan fingerprint density at radius 1 is 1.39 bits per heavy atom. The van der Waals surface area contributed by atoms with Gasteiger partial charge in [-0.1, -0.05) is 11.6 Å². The van der Waals surface area contributed by atoms with E-state index in [0.717, 1.165) is 5.69 Å². The van der Waals surface area contributed by atoms with E-state index >= 15 is 0 Å². The molecule has 0 saturated carbocycles. The maximum absolute atomic E-state index is 5.87. The summed E-state index contributed by atoms with van der Waals surface area (Å²) in [4.78, 5) is 8.45. The first kappa shape index (κ1) is 10.9. The van der Waals surface area contributed by atoms with E-state index in [4.69, 9.17) is 17.3 Å². The van der Waals surface area contributed by atoms with Crippen LogP contribution < -0.4 is 5.73 Å². The van der Waals surface area contributed by atoms with Crippen molar-refractivity contribution in [3.05, 3.63) is 41.3 Å². The van der Waals surface area contributed by atoms with Gasteiger partial charge in [-0.15, -0.1) is 0 Å². The van der Waals surface area contributed by atoms with E-state index in [9.17, 15) is 0 Å². The summed E-state index contributed by atoms with van der Waals surface area (Å²) in [6, 6.07) is 5.42. The van der Waals surface area contributed by atoms with Crippen molar-refractivity contribution in [1.29, 1.82) is 0 Å². The lowest BCUT2D eigenvalue weighted by atomic mass is 10.4. The number of rotatable bonds is 2. The number of imidazole rings is 1. The van der Waals surface area contributed by atoms with E-state index in [2.05, 4.69) is 20.2 Å². The molecule has 3 aromatic rings. The summed E-state index contributed by atoms with van der Waals surface area (Å²) in [5.41, 5.74) is 8.02. The first-order valence-electron chi connectivity index (χ1n) is 5.28. The molecule has 0 aliphatic carbocycles. The second kappa shape index (κ2) is 4.23. The van der Waals surface area contributed by atoms with E-state index < -0.39 is 0 Å². The van der Waals surface area contributed by atoms with Gasteiger partial charge in [-0.05, 0) is 18.2 Å². The summed E-state index contributed by atoms with van der Waals surface area (Å²) in [5.74, 6) is 0.380. The molecule has 7 heteroatoms. The molecule has 90 valence electrons. The zero-order valence-corrected chi connectivity index (χ0v) is 10.0. The van der Waals surface area contributed by atoms with Crippen LogP contribution in [0.5, 0.6) is 0 Å². The van der Waals surface area contributed by atoms with Crippen LogP contribution in [0.25, 0.3) is 11.2 Å². The molecule has 3 rings (SSSR count). The molecule has 0 fully saturated rings. The smallest absolute Gasteiger partial charge is 0.202 e. The minimum Gasteiger partial charge on any atom is -0.369 e. The number of hydrogen-bond donors (Lipinski definition) is 1. The molecule has 0 atom stereocenters. The van der Waals surface area contributed by atoms with Crippen LogP contribution in [0.15, 0.2) is 30.6 Å². The molecule has 0 radical (unpaired) electrons. The zero-order chi connectivity index (χ0) is 12.5. The molecule has 0 spiro atoms. The van der Waals surface area contributed by atoms with Crippen molar-refractivity contribution in [1.82, 2.24) is 24.7 Å². The number of pyridine rings is 1. The average Bonchev–Trinajstić information content (AvgIpc) is 2.66. The topological polar surface area (TPSA) is 82.5 Å². The lowest BCUT2D eigenvalue weighted by Gasteiger charge is -2.04. The highest BCUT2D eigenvalue weighted by molar-refractivity contribution is 6.31. The van der Waals surface area contributed by atoms with Gasteiger partial charge in [-0.2, -0.15) is 10.2 Å². The van der Waals surface area contributed by atoms with Crippen LogP contribution in [0.4, 0.5) is 5.95 Å². The Balaban J connectivity index is 2.09. The number of hydrogen-bond acceptors (Lipinski definition) is 5. The predicted molar refractivity (Wildman–Crippen MR) is 68.1 cm³/mol. The summed E-state index contributed by atoms with van der Waals surface area (Å²) in [6.45, 7) is 0.477. The van der Waals surface area contributed by atoms with Gasteiger partial charge in [0.25, 0.3) is 0 Å². The molecule has 3 aromatic heterocycles. The van der Waals surface area contributed by atoms with Crippen molar-refractivity contribution >= 4 is 28.7 Å². The standard InChI is InChI=1S/C11H9ClN6/c12-7-4-9-10(14-5-7)18(11(13)16-9)6-8-2-1-3-15-17-8/h1-5H,6H2,(H2,13,16). The Bertz CT molecular complexity index is 693. The van der Waals surface area contributed by atoms with Gasteiger partial charge < -0.3 is 5.73 Å². The maximum atomic E-state index is 5.87. The molecule has 0 bridgehead atoms. The molecule has 0 aliphatic heterocycles. The number of fused-ring (bicyclic) bond motifs is 1. The molecule has 2 N–H and O–H groups in total. The first-order chi connectivity index (χ1) is 8.74. The van der Waals surface area contributed by atoms with Gasteiger partial charge in [0.2, 0.25) is 5.95 Å². The van der Waals surface area contributed by atoms with Crippen molar-refractivity contribution in [2.45, 2.75) is 6.54 Å². The van der Waals surface area contributed by atoms with Crippen LogP contribution in [0.2, 0.25) is 5.02 Å². The third-order valence-corrected chi connectivity index (χ3v) is 2.74. The summed E-state index contributed by atoms with van der Waals surface area (Å²) in [7, 11) is 0. The van der Waals surface area contributed by atoms with Gasteiger partial charge in [0.05, 0.1) is 17.3 Å². The normalized spacial score (nSPS) is 10.9. The maximum Gasteiger partial charge on any atom is 0.202 e. The number of aromatic nitrogens is 5. The van der Waals surface area contributed by atoms with Gasteiger partial charge in [0.15, 0.2) is 5.65 Å². The summed E-state index contributed by atoms with van der Waals surface area (Å²) < 4.78 is 1.77. The lowest BCUT2D eigenvalue weighted by molar-refractivity contribution is 0.775. The van der Waals surface area contributed by atoms with Crippen LogP contribution in [0, 0.1) is 0 Å². The van der Waals surface area contributed by atoms with E-state index in [1.807, 2.05) is 12.1 Å². The van der Waals surface area contributed by atoms with E-state index in [-0.39, 0.29) is 0 Å². The Morgan fingerprint density at radius 2 is 2.28 bits per heavy atom. The van der Waals surface area contributed by atoms with Crippen LogP contribution in [0.3, 0.4) is 0 Å². The van der Waals surface area contributed by atoms with E-state index in [0.29, 0.717) is 28.7 Å². The molecule has 0 aliphatic rings. The highest BCUT2D eigenvalue weighted by Crippen LogP contribution is 2.19. The monoisotopic (exact) mass is 260 g/mol. The van der Waals surface area contributed by atoms with Gasteiger partial charge >= 0.3 is 0 Å². The average molecular weight is 261 g/mol. The van der Waals surface area contributed by atoms with Crippen molar-refractivity contribution in [3.63, 3.8) is 0 Å². The minimum absolute atomic E-state index is 0.380. The molecular weight excluding hydrogens is 252 g/mol. The van der Waals surface area contributed by atoms with Crippen molar-refractivity contribution < 1.29 is 0 Å². The molecule has 18 heavy (non-hydrogen) atoms. The fourth-order valence-electron chi connectivity index (χ4n) is 1.74. The van der Waals surface area contributed by atoms with Crippen LogP contribution in [0.1, 0.15) is 5.69 Å². The second-order valence-corrected chi connectivity index (χ2v) is 4.20. The SMILES string of the molecule is Nc1nc2cc(Cl)cnc2n1Cc1cccnn1. The molecule has 0 amide bonds. The Hall–Kier alpha value is -2.21. The van der Waals surface area contributed by atoms with E-state index in [1.54, 1.807) is 23.0 Å². The zero-order valence-electron chi connectivity index (χ0n) is 9.29. The van der Waals surface area contributed by atoms with E-state index in [1.165, 1.54) is 0 Å². The number of anilines is 1. The quantitative estimate of drug-likeness (QED) is 0.755. The van der Waals surface area contributed by atoms with Gasteiger partial charge in [0.1, 0.15) is 5.52 Å².